The second-order valence-electron chi connectivity index (χ2n) is 3.43. The molecule has 1 aromatic rings. The number of imidazole rings is 1. The smallest absolute Gasteiger partial charge is 0.0952 e. The number of hydrogen-bond donors (Lipinski definition) is 1. The van der Waals surface area contributed by atoms with Crippen molar-refractivity contribution >= 4 is 0 Å². The molecule has 2 rings (SSSR count). The predicted octanol–water partition coefficient (Wildman–Crippen LogP) is 1.33. The summed E-state index contributed by atoms with van der Waals surface area (Å²) in [6.45, 7) is 0.875. The van der Waals surface area contributed by atoms with Crippen LogP contribution >= 0.6 is 0 Å². The Kier molecular flexibility index (Phi) is 2.13. The zero-order valence-corrected chi connectivity index (χ0v) is 7.45. The highest BCUT2D eigenvalue weighted by Crippen LogP contribution is 2.31. The van der Waals surface area contributed by atoms with Crippen molar-refractivity contribution in [2.75, 3.05) is 7.05 Å². The van der Waals surface area contributed by atoms with Crippen LogP contribution in [0.1, 0.15) is 31.0 Å². The van der Waals surface area contributed by atoms with E-state index in [4.69, 9.17) is 0 Å². The second-order valence-corrected chi connectivity index (χ2v) is 3.43. The van der Waals surface area contributed by atoms with Gasteiger partial charge in [-0.25, -0.2) is 4.98 Å². The maximum atomic E-state index is 4.31. The van der Waals surface area contributed by atoms with E-state index in [1.165, 1.54) is 19.3 Å². The SMILES string of the molecule is CNCc1cn(C2CCC2)cn1. The van der Waals surface area contributed by atoms with Crippen LogP contribution in [0.25, 0.3) is 0 Å². The average Bonchev–Trinajstić information content (AvgIpc) is 2.34. The van der Waals surface area contributed by atoms with Crippen molar-refractivity contribution in [1.29, 1.82) is 0 Å². The zero-order valence-electron chi connectivity index (χ0n) is 7.45. The van der Waals surface area contributed by atoms with E-state index in [1.807, 2.05) is 13.4 Å². The van der Waals surface area contributed by atoms with Gasteiger partial charge >= 0.3 is 0 Å². The number of aromatic nitrogens is 2. The first-order valence-corrected chi connectivity index (χ1v) is 4.57. The summed E-state index contributed by atoms with van der Waals surface area (Å²) in [6.07, 6.45) is 8.14. The third kappa shape index (κ3) is 1.37. The van der Waals surface area contributed by atoms with Gasteiger partial charge < -0.3 is 9.88 Å². The number of nitrogens with zero attached hydrogens (tertiary/aromatic N) is 2. The van der Waals surface area contributed by atoms with Crippen LogP contribution in [0, 0.1) is 0 Å². The predicted molar refractivity (Wildman–Crippen MR) is 47.9 cm³/mol. The van der Waals surface area contributed by atoms with Crippen molar-refractivity contribution < 1.29 is 0 Å². The minimum Gasteiger partial charge on any atom is -0.334 e. The Bertz CT molecular complexity index is 250. The van der Waals surface area contributed by atoms with E-state index in [-0.39, 0.29) is 0 Å². The van der Waals surface area contributed by atoms with Gasteiger partial charge in [-0.15, -0.1) is 0 Å². The molecule has 0 saturated heterocycles. The van der Waals surface area contributed by atoms with Gasteiger partial charge in [0.1, 0.15) is 0 Å². The lowest BCUT2D eigenvalue weighted by Crippen LogP contribution is -2.15. The highest BCUT2D eigenvalue weighted by Gasteiger charge is 2.18. The molecule has 1 fully saturated rings. The molecule has 3 heteroatoms. The van der Waals surface area contributed by atoms with Gasteiger partial charge in [0.15, 0.2) is 0 Å². The average molecular weight is 165 g/mol. The summed E-state index contributed by atoms with van der Waals surface area (Å²) in [7, 11) is 1.95. The Labute approximate surface area is 72.8 Å². The molecule has 1 heterocycles. The Morgan fingerprint density at radius 3 is 3.08 bits per heavy atom. The summed E-state index contributed by atoms with van der Waals surface area (Å²) >= 11 is 0. The van der Waals surface area contributed by atoms with Crippen molar-refractivity contribution in [3.63, 3.8) is 0 Å². The summed E-state index contributed by atoms with van der Waals surface area (Å²) in [6, 6.07) is 0.739. The molecule has 0 atom stereocenters. The summed E-state index contributed by atoms with van der Waals surface area (Å²) in [5.41, 5.74) is 1.14. The van der Waals surface area contributed by atoms with Crippen molar-refractivity contribution in [3.05, 3.63) is 18.2 Å². The molecule has 0 aliphatic heterocycles. The van der Waals surface area contributed by atoms with Crippen molar-refractivity contribution in [2.24, 2.45) is 0 Å². The van der Waals surface area contributed by atoms with E-state index in [2.05, 4.69) is 21.1 Å². The van der Waals surface area contributed by atoms with Gasteiger partial charge in [-0.05, 0) is 26.3 Å². The Balaban J connectivity index is 2.02. The molecule has 0 aromatic carbocycles. The van der Waals surface area contributed by atoms with Gasteiger partial charge in [0.05, 0.1) is 12.0 Å². The Morgan fingerprint density at radius 1 is 1.67 bits per heavy atom. The molecular formula is C9H15N3. The fraction of sp³-hybridized carbons (Fsp3) is 0.667. The molecule has 0 unspecified atom stereocenters. The van der Waals surface area contributed by atoms with E-state index < -0.39 is 0 Å². The van der Waals surface area contributed by atoms with E-state index in [0.29, 0.717) is 0 Å². The van der Waals surface area contributed by atoms with Crippen molar-refractivity contribution in [2.45, 2.75) is 31.8 Å². The van der Waals surface area contributed by atoms with Gasteiger partial charge in [0.25, 0.3) is 0 Å². The van der Waals surface area contributed by atoms with E-state index in [1.54, 1.807) is 0 Å². The van der Waals surface area contributed by atoms with Crippen molar-refractivity contribution in [3.8, 4) is 0 Å². The van der Waals surface area contributed by atoms with Gasteiger partial charge in [0.2, 0.25) is 0 Å². The monoisotopic (exact) mass is 165 g/mol. The topological polar surface area (TPSA) is 29.9 Å². The van der Waals surface area contributed by atoms with Crippen LogP contribution in [0.5, 0.6) is 0 Å². The first kappa shape index (κ1) is 7.80. The highest BCUT2D eigenvalue weighted by atomic mass is 15.1. The van der Waals surface area contributed by atoms with Crippen LogP contribution in [0.15, 0.2) is 12.5 Å². The van der Waals surface area contributed by atoms with Crippen LogP contribution in [-0.4, -0.2) is 16.6 Å². The van der Waals surface area contributed by atoms with Crippen LogP contribution in [0.3, 0.4) is 0 Å². The third-order valence-corrected chi connectivity index (χ3v) is 2.51. The minimum absolute atomic E-state index is 0.739. The molecule has 0 spiro atoms. The molecule has 0 bridgehead atoms. The lowest BCUT2D eigenvalue weighted by molar-refractivity contribution is 0.313. The summed E-state index contributed by atoms with van der Waals surface area (Å²) in [4.78, 5) is 4.31. The maximum Gasteiger partial charge on any atom is 0.0952 e. The van der Waals surface area contributed by atoms with Gasteiger partial charge in [-0.2, -0.15) is 0 Å². The quantitative estimate of drug-likeness (QED) is 0.732. The second kappa shape index (κ2) is 3.27. The zero-order chi connectivity index (χ0) is 8.39. The first-order chi connectivity index (χ1) is 5.90. The Morgan fingerprint density at radius 2 is 2.50 bits per heavy atom. The molecule has 1 aliphatic carbocycles. The standard InChI is InChI=1S/C9H15N3/c1-10-5-8-6-12(7-11-8)9-3-2-4-9/h6-7,9-10H,2-5H2,1H3. The third-order valence-electron chi connectivity index (χ3n) is 2.51. The van der Waals surface area contributed by atoms with Gasteiger partial charge in [0, 0.05) is 18.8 Å². The highest BCUT2D eigenvalue weighted by molar-refractivity contribution is 4.98. The maximum absolute atomic E-state index is 4.31. The fourth-order valence-electron chi connectivity index (χ4n) is 1.54. The minimum atomic E-state index is 0.739. The number of nitrogens with one attached hydrogen (secondary N) is 1. The van der Waals surface area contributed by atoms with Crippen LogP contribution < -0.4 is 5.32 Å². The largest absolute Gasteiger partial charge is 0.334 e. The van der Waals surface area contributed by atoms with Crippen LogP contribution in [0.2, 0.25) is 0 Å². The summed E-state index contributed by atoms with van der Waals surface area (Å²) in [5.74, 6) is 0. The lowest BCUT2D eigenvalue weighted by atomic mass is 9.93. The molecule has 1 aliphatic rings. The fourth-order valence-corrected chi connectivity index (χ4v) is 1.54. The molecule has 3 nitrogen and oxygen atoms in total. The molecular weight excluding hydrogens is 150 g/mol. The van der Waals surface area contributed by atoms with E-state index in [0.717, 1.165) is 18.3 Å². The molecule has 0 amide bonds. The number of hydrogen-bond acceptors (Lipinski definition) is 2. The normalized spacial score (nSPS) is 17.8. The van der Waals surface area contributed by atoms with E-state index >= 15 is 0 Å². The van der Waals surface area contributed by atoms with Gasteiger partial charge in [-0.1, -0.05) is 0 Å². The molecule has 12 heavy (non-hydrogen) atoms. The molecule has 1 N–H and O–H groups in total. The first-order valence-electron chi connectivity index (χ1n) is 4.57. The lowest BCUT2D eigenvalue weighted by Gasteiger charge is -2.26. The van der Waals surface area contributed by atoms with E-state index in [9.17, 15) is 0 Å². The molecule has 0 radical (unpaired) electrons. The summed E-state index contributed by atoms with van der Waals surface area (Å²) in [5, 5.41) is 3.10. The molecule has 1 saturated carbocycles. The van der Waals surface area contributed by atoms with Crippen LogP contribution in [0.4, 0.5) is 0 Å². The van der Waals surface area contributed by atoms with Crippen molar-refractivity contribution in [1.82, 2.24) is 14.9 Å². The molecule has 1 aromatic heterocycles. The Hall–Kier alpha value is -0.830. The van der Waals surface area contributed by atoms with Gasteiger partial charge in [-0.3, -0.25) is 0 Å². The number of rotatable bonds is 3. The van der Waals surface area contributed by atoms with Crippen LogP contribution in [-0.2, 0) is 6.54 Å². The molecule has 66 valence electrons. The summed E-state index contributed by atoms with van der Waals surface area (Å²) < 4.78 is 2.25.